The molecule has 3 rings (SSSR count). The number of phenolic OH excluding ortho intramolecular Hbond substituents is 1. The predicted molar refractivity (Wildman–Crippen MR) is 63.1 cm³/mol. The van der Waals surface area contributed by atoms with Gasteiger partial charge in [-0.2, -0.15) is 0 Å². The first-order valence-electron chi connectivity index (χ1n) is 4.96. The van der Waals surface area contributed by atoms with Gasteiger partial charge in [0, 0.05) is 5.39 Å². The van der Waals surface area contributed by atoms with Crippen LogP contribution in [0.2, 0.25) is 0 Å². The van der Waals surface area contributed by atoms with E-state index in [4.69, 9.17) is 0 Å². The van der Waals surface area contributed by atoms with Crippen molar-refractivity contribution in [2.45, 2.75) is 0 Å². The number of aromatic hydroxyl groups is 1. The Morgan fingerprint density at radius 1 is 0.667 bits per heavy atom. The summed E-state index contributed by atoms with van der Waals surface area (Å²) in [5.74, 6) is 0.351. The summed E-state index contributed by atoms with van der Waals surface area (Å²) >= 11 is 0. The first kappa shape index (κ1) is 8.30. The van der Waals surface area contributed by atoms with Crippen LogP contribution in [0.5, 0.6) is 5.75 Å². The molecule has 3 aromatic rings. The van der Waals surface area contributed by atoms with Crippen LogP contribution < -0.4 is 0 Å². The van der Waals surface area contributed by atoms with Gasteiger partial charge in [0.1, 0.15) is 5.75 Å². The van der Waals surface area contributed by atoms with Gasteiger partial charge in [-0.3, -0.25) is 0 Å². The fourth-order valence-corrected chi connectivity index (χ4v) is 2.03. The molecule has 0 atom stereocenters. The van der Waals surface area contributed by atoms with Gasteiger partial charge in [0.15, 0.2) is 0 Å². The Kier molecular flexibility index (Phi) is 1.65. The van der Waals surface area contributed by atoms with Crippen molar-refractivity contribution in [1.82, 2.24) is 0 Å². The normalized spacial score (nSPS) is 10.9. The van der Waals surface area contributed by atoms with E-state index in [-0.39, 0.29) is 0 Å². The van der Waals surface area contributed by atoms with E-state index in [1.54, 1.807) is 0 Å². The van der Waals surface area contributed by atoms with Gasteiger partial charge in [0.2, 0.25) is 0 Å². The molecule has 72 valence electrons. The largest absolute Gasteiger partial charge is 0.507 e. The molecule has 0 bridgehead atoms. The Bertz CT molecular complexity index is 641. The second kappa shape index (κ2) is 2.99. The van der Waals surface area contributed by atoms with Crippen LogP contribution in [0.25, 0.3) is 21.5 Å². The number of hydrogen-bond acceptors (Lipinski definition) is 1. The maximum absolute atomic E-state index is 9.87. The zero-order valence-corrected chi connectivity index (χ0v) is 8.14. The van der Waals surface area contributed by atoms with E-state index in [0.717, 1.165) is 16.2 Å². The molecule has 3 aromatic carbocycles. The molecule has 0 aromatic heterocycles. The summed E-state index contributed by atoms with van der Waals surface area (Å²) in [5, 5.41) is 14.2. The molecule has 0 spiro atoms. The summed E-state index contributed by atoms with van der Waals surface area (Å²) in [7, 11) is 0. The van der Waals surface area contributed by atoms with Crippen LogP contribution in [0, 0.1) is 0 Å². The minimum absolute atomic E-state index is 0.351. The van der Waals surface area contributed by atoms with Gasteiger partial charge in [-0.25, -0.2) is 0 Å². The lowest BCUT2D eigenvalue weighted by atomic mass is 10.0. The SMILES string of the molecule is Oc1cc2ccccc2c2ccccc12. The van der Waals surface area contributed by atoms with E-state index < -0.39 is 0 Å². The minimum Gasteiger partial charge on any atom is -0.507 e. The third-order valence-corrected chi connectivity index (χ3v) is 2.75. The molecule has 0 saturated heterocycles. The summed E-state index contributed by atoms with van der Waals surface area (Å²) in [6.07, 6.45) is 0. The van der Waals surface area contributed by atoms with Crippen LogP contribution >= 0.6 is 0 Å². The minimum atomic E-state index is 0.351. The average Bonchev–Trinajstić information content (AvgIpc) is 2.30. The third-order valence-electron chi connectivity index (χ3n) is 2.75. The van der Waals surface area contributed by atoms with Crippen molar-refractivity contribution in [2.24, 2.45) is 0 Å². The topological polar surface area (TPSA) is 20.2 Å². The number of phenols is 1. The van der Waals surface area contributed by atoms with E-state index in [0.29, 0.717) is 5.75 Å². The quantitative estimate of drug-likeness (QED) is 0.541. The Labute approximate surface area is 87.6 Å². The molecule has 0 aliphatic carbocycles. The standard InChI is InChI=1S/C14H10O/c15-14-9-10-5-1-2-6-11(10)12-7-3-4-8-13(12)14/h1-9,15H. The van der Waals surface area contributed by atoms with Crippen LogP contribution in [0.1, 0.15) is 0 Å². The first-order valence-corrected chi connectivity index (χ1v) is 4.96. The van der Waals surface area contributed by atoms with Crippen LogP contribution in [0.3, 0.4) is 0 Å². The lowest BCUT2D eigenvalue weighted by molar-refractivity contribution is 0.482. The summed E-state index contributed by atoms with van der Waals surface area (Å²) < 4.78 is 0. The van der Waals surface area contributed by atoms with Crippen molar-refractivity contribution < 1.29 is 5.11 Å². The molecule has 0 aliphatic heterocycles. The van der Waals surface area contributed by atoms with Gasteiger partial charge in [-0.05, 0) is 22.2 Å². The zero-order valence-electron chi connectivity index (χ0n) is 8.14. The number of rotatable bonds is 0. The Hall–Kier alpha value is -2.02. The Morgan fingerprint density at radius 2 is 1.27 bits per heavy atom. The molecule has 1 heteroatoms. The summed E-state index contributed by atoms with van der Waals surface area (Å²) in [4.78, 5) is 0. The molecule has 15 heavy (non-hydrogen) atoms. The molecule has 0 unspecified atom stereocenters. The van der Waals surface area contributed by atoms with Gasteiger partial charge >= 0.3 is 0 Å². The van der Waals surface area contributed by atoms with Crippen LogP contribution in [-0.4, -0.2) is 5.11 Å². The summed E-state index contributed by atoms with van der Waals surface area (Å²) in [6, 6.07) is 17.8. The smallest absolute Gasteiger partial charge is 0.124 e. The second-order valence-electron chi connectivity index (χ2n) is 3.66. The molecule has 0 heterocycles. The van der Waals surface area contributed by atoms with Crippen molar-refractivity contribution >= 4 is 21.5 Å². The van der Waals surface area contributed by atoms with Crippen molar-refractivity contribution in [2.75, 3.05) is 0 Å². The van der Waals surface area contributed by atoms with Crippen LogP contribution in [0.4, 0.5) is 0 Å². The summed E-state index contributed by atoms with van der Waals surface area (Å²) in [6.45, 7) is 0. The molecule has 0 amide bonds. The Morgan fingerprint density at radius 3 is 2.07 bits per heavy atom. The van der Waals surface area contributed by atoms with Crippen LogP contribution in [0.15, 0.2) is 54.6 Å². The maximum Gasteiger partial charge on any atom is 0.124 e. The highest BCUT2D eigenvalue weighted by atomic mass is 16.3. The second-order valence-corrected chi connectivity index (χ2v) is 3.66. The highest BCUT2D eigenvalue weighted by Gasteiger charge is 2.03. The number of benzene rings is 3. The van der Waals surface area contributed by atoms with Crippen LogP contribution in [-0.2, 0) is 0 Å². The monoisotopic (exact) mass is 194 g/mol. The first-order chi connectivity index (χ1) is 7.36. The molecule has 0 saturated carbocycles. The molecular formula is C14H10O. The Balaban J connectivity index is 2.64. The van der Waals surface area contributed by atoms with E-state index in [1.807, 2.05) is 48.5 Å². The molecule has 0 aliphatic rings. The lowest BCUT2D eigenvalue weighted by Gasteiger charge is -2.05. The predicted octanol–water partition coefficient (Wildman–Crippen LogP) is 3.70. The lowest BCUT2D eigenvalue weighted by Crippen LogP contribution is -1.77. The van der Waals surface area contributed by atoms with Gasteiger partial charge in [0.05, 0.1) is 0 Å². The maximum atomic E-state index is 9.87. The molecule has 1 nitrogen and oxygen atoms in total. The molecular weight excluding hydrogens is 184 g/mol. The zero-order chi connectivity index (χ0) is 10.3. The highest BCUT2D eigenvalue weighted by molar-refractivity contribution is 6.10. The van der Waals surface area contributed by atoms with Crippen molar-refractivity contribution in [1.29, 1.82) is 0 Å². The number of hydrogen-bond donors (Lipinski definition) is 1. The average molecular weight is 194 g/mol. The fourth-order valence-electron chi connectivity index (χ4n) is 2.03. The van der Waals surface area contributed by atoms with Crippen molar-refractivity contribution in [3.63, 3.8) is 0 Å². The van der Waals surface area contributed by atoms with Crippen molar-refractivity contribution in [3.8, 4) is 5.75 Å². The van der Waals surface area contributed by atoms with Gasteiger partial charge in [-0.15, -0.1) is 0 Å². The van der Waals surface area contributed by atoms with E-state index >= 15 is 0 Å². The van der Waals surface area contributed by atoms with Gasteiger partial charge in [-0.1, -0.05) is 48.5 Å². The van der Waals surface area contributed by atoms with E-state index in [2.05, 4.69) is 6.07 Å². The summed E-state index contributed by atoms with van der Waals surface area (Å²) in [5.41, 5.74) is 0. The van der Waals surface area contributed by atoms with E-state index in [9.17, 15) is 5.11 Å². The van der Waals surface area contributed by atoms with E-state index in [1.165, 1.54) is 5.39 Å². The third kappa shape index (κ3) is 1.17. The molecule has 0 fully saturated rings. The van der Waals surface area contributed by atoms with Crippen molar-refractivity contribution in [3.05, 3.63) is 54.6 Å². The van der Waals surface area contributed by atoms with Gasteiger partial charge < -0.3 is 5.11 Å². The fraction of sp³-hybridized carbons (Fsp3) is 0. The molecule has 1 N–H and O–H groups in total. The molecule has 0 radical (unpaired) electrons. The highest BCUT2D eigenvalue weighted by Crippen LogP contribution is 2.32. The van der Waals surface area contributed by atoms with Gasteiger partial charge in [0.25, 0.3) is 0 Å². The number of fused-ring (bicyclic) bond motifs is 3.